The van der Waals surface area contributed by atoms with Crippen LogP contribution in [0.4, 0.5) is 0 Å². The first-order chi connectivity index (χ1) is 13.2. The molecular weight excluding hydrogens is 344 g/mol. The molecule has 1 N–H and O–H groups in total. The maximum Gasteiger partial charge on any atom is 0.289 e. The molecule has 4 heterocycles. The Balaban J connectivity index is 1.52. The summed E-state index contributed by atoms with van der Waals surface area (Å²) in [5, 5.41) is 0. The molecule has 2 aliphatic heterocycles. The van der Waals surface area contributed by atoms with Crippen molar-refractivity contribution in [2.75, 3.05) is 33.3 Å². The van der Waals surface area contributed by atoms with E-state index in [0.717, 1.165) is 32.4 Å². The predicted molar refractivity (Wildman–Crippen MR) is 101 cm³/mol. The number of carbonyl (C=O) groups is 1. The molecule has 0 aliphatic carbocycles. The van der Waals surface area contributed by atoms with Crippen molar-refractivity contribution >= 4 is 5.91 Å². The zero-order valence-corrected chi connectivity index (χ0v) is 16.2. The lowest BCUT2D eigenvalue weighted by atomic mass is 9.78. The summed E-state index contributed by atoms with van der Waals surface area (Å²) in [6.07, 6.45) is 7.02. The van der Waals surface area contributed by atoms with Crippen molar-refractivity contribution in [3.63, 3.8) is 0 Å². The number of nitrogens with zero attached hydrogens (tertiary/aromatic N) is 3. The van der Waals surface area contributed by atoms with Gasteiger partial charge in [0.1, 0.15) is 0 Å². The summed E-state index contributed by atoms with van der Waals surface area (Å²) >= 11 is 0. The number of H-pyrrole nitrogens is 1. The molecule has 1 spiro atoms. The van der Waals surface area contributed by atoms with Gasteiger partial charge in [0.05, 0.1) is 24.7 Å². The molecule has 4 rings (SSSR count). The minimum atomic E-state index is -0.0636. The largest absolute Gasteiger partial charge is 0.468 e. The van der Waals surface area contributed by atoms with Gasteiger partial charge in [0.2, 0.25) is 0 Å². The van der Waals surface area contributed by atoms with E-state index < -0.39 is 0 Å². The summed E-state index contributed by atoms with van der Waals surface area (Å²) in [4.78, 5) is 25.3. The van der Waals surface area contributed by atoms with E-state index in [9.17, 15) is 4.79 Å². The van der Waals surface area contributed by atoms with Gasteiger partial charge in [-0.15, -0.1) is 0 Å². The third kappa shape index (κ3) is 3.14. The molecule has 0 bridgehead atoms. The highest BCUT2D eigenvalue weighted by Crippen LogP contribution is 2.42. The molecule has 1 amide bonds. The maximum absolute atomic E-state index is 12.8. The third-order valence-electron chi connectivity index (χ3n) is 6.05. The first-order valence-corrected chi connectivity index (χ1v) is 9.89. The molecule has 1 saturated heterocycles. The number of ether oxygens (including phenoxy) is 1. The lowest BCUT2D eigenvalue weighted by Gasteiger charge is -2.50. The van der Waals surface area contributed by atoms with Crippen LogP contribution in [-0.2, 0) is 12.0 Å². The summed E-state index contributed by atoms with van der Waals surface area (Å²) in [6.45, 7) is 5.79. The molecule has 0 aromatic carbocycles. The van der Waals surface area contributed by atoms with Crippen molar-refractivity contribution in [3.8, 4) is 5.95 Å². The first-order valence-electron chi connectivity index (χ1n) is 9.89. The van der Waals surface area contributed by atoms with Crippen LogP contribution >= 0.6 is 0 Å². The van der Waals surface area contributed by atoms with Gasteiger partial charge < -0.3 is 19.0 Å². The number of carbonyl (C=O) groups excluding carboxylic acids is 1. The van der Waals surface area contributed by atoms with Crippen molar-refractivity contribution < 1.29 is 13.9 Å². The number of hydrogen-bond acceptors (Lipinski definition) is 5. The Morgan fingerprint density at radius 1 is 1.33 bits per heavy atom. The van der Waals surface area contributed by atoms with E-state index in [4.69, 9.17) is 14.1 Å². The number of likely N-dealkylation sites (tertiary alicyclic amines) is 1. The fourth-order valence-electron chi connectivity index (χ4n) is 4.53. The number of fused-ring (bicyclic) bond motifs is 2. The van der Waals surface area contributed by atoms with Gasteiger partial charge in [-0.05, 0) is 31.9 Å². The Morgan fingerprint density at radius 2 is 2.15 bits per heavy atom. The normalized spacial score (nSPS) is 19.3. The van der Waals surface area contributed by atoms with Crippen LogP contribution in [0.2, 0.25) is 0 Å². The quantitative estimate of drug-likeness (QED) is 0.874. The van der Waals surface area contributed by atoms with Crippen LogP contribution in [0.5, 0.6) is 5.95 Å². The van der Waals surface area contributed by atoms with E-state index in [1.54, 1.807) is 12.1 Å². The van der Waals surface area contributed by atoms with Gasteiger partial charge in [0.25, 0.3) is 11.9 Å². The number of imidazole rings is 1. The fraction of sp³-hybridized carbons (Fsp3) is 0.600. The van der Waals surface area contributed by atoms with Crippen molar-refractivity contribution in [1.82, 2.24) is 19.8 Å². The first kappa shape index (κ1) is 18.1. The number of nitrogens with one attached hydrogen (secondary N) is 1. The van der Waals surface area contributed by atoms with Gasteiger partial charge in [-0.1, -0.05) is 13.3 Å². The van der Waals surface area contributed by atoms with Gasteiger partial charge in [-0.2, -0.15) is 0 Å². The van der Waals surface area contributed by atoms with Gasteiger partial charge >= 0.3 is 0 Å². The second kappa shape index (κ2) is 7.38. The second-order valence-electron chi connectivity index (χ2n) is 7.47. The van der Waals surface area contributed by atoms with Crippen LogP contribution < -0.4 is 4.74 Å². The summed E-state index contributed by atoms with van der Waals surface area (Å²) in [7, 11) is 1.53. The summed E-state index contributed by atoms with van der Waals surface area (Å²) in [6, 6.07) is 3.37. The fourth-order valence-corrected chi connectivity index (χ4v) is 4.53. The van der Waals surface area contributed by atoms with Gasteiger partial charge in [0, 0.05) is 37.8 Å². The van der Waals surface area contributed by atoms with E-state index in [-0.39, 0.29) is 11.4 Å². The number of aromatic amines is 1. The molecule has 2 aromatic heterocycles. The summed E-state index contributed by atoms with van der Waals surface area (Å²) in [5.74, 6) is 0.645. The molecule has 1 fully saturated rings. The predicted octanol–water partition coefficient (Wildman–Crippen LogP) is 2.80. The SMILES string of the molecule is CCCCN1CCc2[nH]cnc2C12CCN(C(=O)c1ccc(OC)o1)CC2. The number of rotatable bonds is 5. The van der Waals surface area contributed by atoms with Crippen molar-refractivity contribution in [2.24, 2.45) is 0 Å². The Bertz CT molecular complexity index is 789. The van der Waals surface area contributed by atoms with E-state index in [2.05, 4.69) is 16.8 Å². The molecule has 2 aliphatic rings. The smallest absolute Gasteiger partial charge is 0.289 e. The van der Waals surface area contributed by atoms with Gasteiger partial charge in [-0.3, -0.25) is 9.69 Å². The zero-order valence-electron chi connectivity index (χ0n) is 16.2. The van der Waals surface area contributed by atoms with E-state index >= 15 is 0 Å². The standard InChI is InChI=1S/C20H28N4O3/c1-3-4-10-24-11-7-15-18(22-14-21-15)20(24)8-12-23(13-9-20)19(25)16-5-6-17(26-2)27-16/h5-6,14H,3-4,7-13H2,1-2H3,(H,21,22). The number of aromatic nitrogens is 2. The number of methoxy groups -OCH3 is 1. The van der Waals surface area contributed by atoms with Crippen LogP contribution in [-0.4, -0.2) is 59.0 Å². The average Bonchev–Trinajstić information content (AvgIpc) is 3.37. The minimum absolute atomic E-state index is 0.0552. The molecule has 0 atom stereocenters. The Kier molecular flexibility index (Phi) is 4.95. The summed E-state index contributed by atoms with van der Waals surface area (Å²) < 4.78 is 10.5. The molecule has 7 nitrogen and oxygen atoms in total. The minimum Gasteiger partial charge on any atom is -0.468 e. The highest BCUT2D eigenvalue weighted by atomic mass is 16.6. The molecule has 0 saturated carbocycles. The number of piperidine rings is 1. The van der Waals surface area contributed by atoms with Crippen LogP contribution in [0.15, 0.2) is 22.9 Å². The lowest BCUT2D eigenvalue weighted by Crippen LogP contribution is -2.57. The number of furan rings is 1. The number of unbranched alkanes of at least 4 members (excludes halogenated alkanes) is 1. The highest BCUT2D eigenvalue weighted by Gasteiger charge is 2.47. The molecule has 146 valence electrons. The van der Waals surface area contributed by atoms with Crippen LogP contribution in [0.1, 0.15) is 54.5 Å². The molecular formula is C20H28N4O3. The summed E-state index contributed by atoms with van der Waals surface area (Å²) in [5.41, 5.74) is 2.40. The van der Waals surface area contributed by atoms with E-state index in [0.29, 0.717) is 24.8 Å². The number of amides is 1. The van der Waals surface area contributed by atoms with Gasteiger partial charge in [-0.25, -0.2) is 4.98 Å². The number of hydrogen-bond donors (Lipinski definition) is 1. The van der Waals surface area contributed by atoms with Gasteiger partial charge in [0.15, 0.2) is 5.76 Å². The monoisotopic (exact) mass is 372 g/mol. The molecule has 0 unspecified atom stereocenters. The van der Waals surface area contributed by atoms with Crippen molar-refractivity contribution in [1.29, 1.82) is 0 Å². The lowest BCUT2D eigenvalue weighted by molar-refractivity contribution is 0.00525. The molecule has 27 heavy (non-hydrogen) atoms. The average molecular weight is 372 g/mol. The zero-order chi connectivity index (χ0) is 18.9. The third-order valence-corrected chi connectivity index (χ3v) is 6.05. The Hall–Kier alpha value is -2.28. The highest BCUT2D eigenvalue weighted by molar-refractivity contribution is 5.91. The van der Waals surface area contributed by atoms with Crippen molar-refractivity contribution in [3.05, 3.63) is 35.6 Å². The van der Waals surface area contributed by atoms with Crippen LogP contribution in [0, 0.1) is 0 Å². The molecule has 0 radical (unpaired) electrons. The van der Waals surface area contributed by atoms with Crippen molar-refractivity contribution in [2.45, 2.75) is 44.6 Å². The van der Waals surface area contributed by atoms with Crippen LogP contribution in [0.25, 0.3) is 0 Å². The molecule has 7 heteroatoms. The molecule has 2 aromatic rings. The van der Waals surface area contributed by atoms with E-state index in [1.165, 1.54) is 31.3 Å². The maximum atomic E-state index is 12.8. The van der Waals surface area contributed by atoms with E-state index in [1.807, 2.05) is 11.2 Å². The second-order valence-corrected chi connectivity index (χ2v) is 7.47. The Labute approximate surface area is 159 Å². The topological polar surface area (TPSA) is 74.6 Å². The Morgan fingerprint density at radius 3 is 2.85 bits per heavy atom. The van der Waals surface area contributed by atoms with Crippen LogP contribution in [0.3, 0.4) is 0 Å².